The third kappa shape index (κ3) is 6.55. The van der Waals surface area contributed by atoms with Crippen LogP contribution in [0.25, 0.3) is 0 Å². The molecule has 0 aliphatic carbocycles. The molecule has 0 aromatic heterocycles. The first-order valence-electron chi connectivity index (χ1n) is 9.07. The topological polar surface area (TPSA) is 84.9 Å². The average Bonchev–Trinajstić information content (AvgIpc) is 2.74. The number of unbranched alkanes of at least 4 members (excludes halogenated alkanes) is 1. The first-order chi connectivity index (χ1) is 13.7. The van der Waals surface area contributed by atoms with Crippen LogP contribution < -0.4 is 5.32 Å². The number of esters is 1. The third-order valence-electron chi connectivity index (χ3n) is 4.07. The largest absolute Gasteiger partial charge is 0.468 e. The quantitative estimate of drug-likeness (QED) is 0.511. The number of allylic oxidation sites excluding steroid dienone is 1. The zero-order valence-corrected chi connectivity index (χ0v) is 15.8. The van der Waals surface area contributed by atoms with E-state index in [0.29, 0.717) is 24.1 Å². The highest BCUT2D eigenvalue weighted by Gasteiger charge is 2.27. The molecule has 2 aromatic carbocycles. The Bertz CT molecular complexity index is 774. The number of amides is 1. The number of rotatable bonds is 9. The fourth-order valence-corrected chi connectivity index (χ4v) is 2.67. The van der Waals surface area contributed by atoms with E-state index in [1.54, 1.807) is 18.2 Å². The number of alkyl carbamates (subject to hydrolysis) is 1. The van der Waals surface area contributed by atoms with Crippen LogP contribution in [0.15, 0.2) is 72.4 Å². The van der Waals surface area contributed by atoms with Crippen molar-refractivity contribution in [2.24, 2.45) is 0 Å². The first-order valence-corrected chi connectivity index (χ1v) is 9.07. The van der Waals surface area contributed by atoms with E-state index in [0.717, 1.165) is 5.56 Å². The monoisotopic (exact) mass is 383 g/mol. The summed E-state index contributed by atoms with van der Waals surface area (Å²) in [5.74, 6) is -1.29. The molecule has 0 fully saturated rings. The van der Waals surface area contributed by atoms with E-state index in [9.17, 15) is 9.59 Å². The summed E-state index contributed by atoms with van der Waals surface area (Å²) < 4.78 is 10.2. The summed E-state index contributed by atoms with van der Waals surface area (Å²) in [5, 5.41) is 11.7. The van der Waals surface area contributed by atoms with Crippen molar-refractivity contribution >= 4 is 12.1 Å². The molecule has 0 aliphatic heterocycles. The summed E-state index contributed by atoms with van der Waals surface area (Å²) in [4.78, 5) is 24.8. The van der Waals surface area contributed by atoms with Gasteiger partial charge in [0.25, 0.3) is 0 Å². The number of methoxy groups -OCH3 is 1. The molecule has 1 amide bonds. The number of nitrogens with one attached hydrogen (secondary N) is 1. The standard InChI is InChI=1S/C22H25NO5/c1-27-21(25)20(18-12-6-3-7-13-18)19(14-8-9-15-24)23-22(26)28-16-17-10-4-2-5-11-17/h2-7,10-14,20,24H,8-9,15-16H2,1H3,(H,23,26)/b19-14+. The molecule has 148 valence electrons. The number of carbonyl (C=O) groups is 2. The summed E-state index contributed by atoms with van der Waals surface area (Å²) in [6, 6.07) is 18.4. The summed E-state index contributed by atoms with van der Waals surface area (Å²) in [7, 11) is 1.30. The van der Waals surface area contributed by atoms with Crippen molar-refractivity contribution in [3.63, 3.8) is 0 Å². The minimum Gasteiger partial charge on any atom is -0.468 e. The number of aliphatic hydroxyl groups is 1. The lowest BCUT2D eigenvalue weighted by molar-refractivity contribution is -0.141. The minimum atomic E-state index is -0.797. The Labute approximate surface area is 164 Å². The van der Waals surface area contributed by atoms with Crippen molar-refractivity contribution in [3.05, 3.63) is 83.6 Å². The second-order valence-corrected chi connectivity index (χ2v) is 6.08. The third-order valence-corrected chi connectivity index (χ3v) is 4.07. The molecule has 0 aliphatic rings. The minimum absolute atomic E-state index is 0.0104. The maximum Gasteiger partial charge on any atom is 0.411 e. The summed E-state index contributed by atoms with van der Waals surface area (Å²) in [5.41, 5.74) is 1.91. The second kappa shape index (κ2) is 11.6. The van der Waals surface area contributed by atoms with Gasteiger partial charge < -0.3 is 14.6 Å². The van der Waals surface area contributed by atoms with Crippen LogP contribution in [0.2, 0.25) is 0 Å². The fraction of sp³-hybridized carbons (Fsp3) is 0.273. The number of benzene rings is 2. The number of hydrogen-bond acceptors (Lipinski definition) is 5. The van der Waals surface area contributed by atoms with Crippen molar-refractivity contribution in [1.29, 1.82) is 0 Å². The van der Waals surface area contributed by atoms with Gasteiger partial charge in [0.15, 0.2) is 0 Å². The van der Waals surface area contributed by atoms with E-state index < -0.39 is 18.0 Å². The molecule has 0 spiro atoms. The molecule has 6 heteroatoms. The maximum absolute atomic E-state index is 12.4. The highest BCUT2D eigenvalue weighted by Crippen LogP contribution is 2.25. The van der Waals surface area contributed by atoms with Gasteiger partial charge in [-0.15, -0.1) is 0 Å². The number of hydrogen-bond donors (Lipinski definition) is 2. The molecule has 0 saturated heterocycles. The molecule has 2 rings (SSSR count). The molecule has 0 radical (unpaired) electrons. The van der Waals surface area contributed by atoms with Gasteiger partial charge in [-0.3, -0.25) is 10.1 Å². The van der Waals surface area contributed by atoms with Crippen LogP contribution in [0.1, 0.15) is 29.9 Å². The van der Waals surface area contributed by atoms with Crippen LogP contribution in [-0.2, 0) is 20.9 Å². The van der Waals surface area contributed by atoms with Crippen molar-refractivity contribution in [3.8, 4) is 0 Å². The Kier molecular flexibility index (Phi) is 8.75. The molecular weight excluding hydrogens is 358 g/mol. The van der Waals surface area contributed by atoms with Gasteiger partial charge in [-0.25, -0.2) is 4.79 Å². The Morgan fingerprint density at radius 1 is 1.07 bits per heavy atom. The Balaban J connectivity index is 2.17. The highest BCUT2D eigenvalue weighted by atomic mass is 16.5. The van der Waals surface area contributed by atoms with Gasteiger partial charge in [-0.2, -0.15) is 0 Å². The van der Waals surface area contributed by atoms with Crippen molar-refractivity contribution in [2.75, 3.05) is 13.7 Å². The van der Waals surface area contributed by atoms with Crippen LogP contribution in [0.3, 0.4) is 0 Å². The van der Waals surface area contributed by atoms with Gasteiger partial charge in [-0.05, 0) is 24.0 Å². The SMILES string of the molecule is COC(=O)C(/C(=C\CCCO)NC(=O)OCc1ccccc1)c1ccccc1. The van der Waals surface area contributed by atoms with E-state index in [1.165, 1.54) is 7.11 Å². The first kappa shape index (κ1) is 21.2. The molecule has 0 heterocycles. The van der Waals surface area contributed by atoms with Crippen LogP contribution in [0, 0.1) is 0 Å². The second-order valence-electron chi connectivity index (χ2n) is 6.08. The zero-order chi connectivity index (χ0) is 20.2. The van der Waals surface area contributed by atoms with Crippen molar-refractivity contribution in [2.45, 2.75) is 25.4 Å². The van der Waals surface area contributed by atoms with Gasteiger partial charge >= 0.3 is 12.1 Å². The van der Waals surface area contributed by atoms with Gasteiger partial charge in [0, 0.05) is 12.3 Å². The predicted octanol–water partition coefficient (Wildman–Crippen LogP) is 3.53. The molecule has 2 aromatic rings. The van der Waals surface area contributed by atoms with Crippen molar-refractivity contribution < 1.29 is 24.2 Å². The van der Waals surface area contributed by atoms with E-state index in [-0.39, 0.29) is 13.2 Å². The van der Waals surface area contributed by atoms with Gasteiger partial charge in [-0.1, -0.05) is 66.7 Å². The average molecular weight is 383 g/mol. The molecule has 1 atom stereocenters. The van der Waals surface area contributed by atoms with E-state index in [4.69, 9.17) is 14.6 Å². The van der Waals surface area contributed by atoms with Crippen LogP contribution in [-0.4, -0.2) is 30.9 Å². The fourth-order valence-electron chi connectivity index (χ4n) is 2.67. The molecule has 6 nitrogen and oxygen atoms in total. The normalized spacial score (nSPS) is 12.1. The molecule has 0 saturated carbocycles. The van der Waals surface area contributed by atoms with Crippen LogP contribution >= 0.6 is 0 Å². The smallest absolute Gasteiger partial charge is 0.411 e. The van der Waals surface area contributed by atoms with Gasteiger partial charge in [0.1, 0.15) is 12.5 Å². The Morgan fingerprint density at radius 3 is 2.32 bits per heavy atom. The molecular formula is C22H25NO5. The highest BCUT2D eigenvalue weighted by molar-refractivity contribution is 5.83. The van der Waals surface area contributed by atoms with E-state index >= 15 is 0 Å². The Hall–Kier alpha value is -3.12. The van der Waals surface area contributed by atoms with E-state index in [1.807, 2.05) is 48.5 Å². The lowest BCUT2D eigenvalue weighted by Gasteiger charge is -2.20. The van der Waals surface area contributed by atoms with Crippen LogP contribution in [0.5, 0.6) is 0 Å². The predicted molar refractivity (Wildman–Crippen MR) is 105 cm³/mol. The summed E-state index contributed by atoms with van der Waals surface area (Å²) >= 11 is 0. The van der Waals surface area contributed by atoms with Gasteiger partial charge in [0.2, 0.25) is 0 Å². The molecule has 1 unspecified atom stereocenters. The molecule has 28 heavy (non-hydrogen) atoms. The lowest BCUT2D eigenvalue weighted by atomic mass is 9.94. The molecule has 2 N–H and O–H groups in total. The lowest BCUT2D eigenvalue weighted by Crippen LogP contribution is -2.31. The maximum atomic E-state index is 12.4. The van der Waals surface area contributed by atoms with Crippen LogP contribution in [0.4, 0.5) is 4.79 Å². The van der Waals surface area contributed by atoms with E-state index in [2.05, 4.69) is 5.32 Å². The Morgan fingerprint density at radius 2 is 1.71 bits per heavy atom. The summed E-state index contributed by atoms with van der Waals surface area (Å²) in [6.07, 6.45) is 2.05. The van der Waals surface area contributed by atoms with Crippen molar-refractivity contribution in [1.82, 2.24) is 5.32 Å². The molecule has 0 bridgehead atoms. The summed E-state index contributed by atoms with van der Waals surface area (Å²) in [6.45, 7) is 0.126. The number of ether oxygens (including phenoxy) is 2. The number of carbonyl (C=O) groups excluding carboxylic acids is 2. The zero-order valence-electron chi connectivity index (χ0n) is 15.8. The number of aliphatic hydroxyl groups excluding tert-OH is 1. The van der Waals surface area contributed by atoms with Gasteiger partial charge in [0.05, 0.1) is 7.11 Å².